The Labute approximate surface area is 149 Å². The molecule has 8 nitrogen and oxygen atoms in total. The van der Waals surface area contributed by atoms with Crippen LogP contribution in [0.15, 0.2) is 44.6 Å². The molecule has 1 N–H and O–H groups in total. The van der Waals surface area contributed by atoms with Crippen molar-refractivity contribution in [2.75, 3.05) is 7.11 Å². The molecule has 0 saturated carbocycles. The Morgan fingerprint density at radius 1 is 1.27 bits per heavy atom. The fourth-order valence-electron chi connectivity index (χ4n) is 2.58. The molecule has 0 fully saturated rings. The first-order chi connectivity index (χ1) is 12.6. The number of H-pyrrole nitrogens is 1. The van der Waals surface area contributed by atoms with Crippen LogP contribution >= 0.6 is 0 Å². The minimum absolute atomic E-state index is 0.00163. The standard InChI is InChI=1S/C18H19N3O5/c1-3-4-5-13-10-14(22)26-17-15(13)16(23)19-18(20-17)25-11-12-6-8-21(24-2)9-7-12/h6-10H,3-5,11H2,1-2H3/p+1. The van der Waals surface area contributed by atoms with Gasteiger partial charge in [-0.15, -0.1) is 0 Å². The van der Waals surface area contributed by atoms with Crippen molar-refractivity contribution < 1.29 is 18.7 Å². The molecule has 3 aromatic rings. The molecule has 0 amide bonds. The van der Waals surface area contributed by atoms with Crippen molar-refractivity contribution in [1.82, 2.24) is 9.97 Å². The maximum absolute atomic E-state index is 12.4. The average Bonchev–Trinajstić information content (AvgIpc) is 2.64. The van der Waals surface area contributed by atoms with Gasteiger partial charge in [-0.05, 0) is 18.4 Å². The number of ether oxygens (including phenoxy) is 1. The summed E-state index contributed by atoms with van der Waals surface area (Å²) in [6.45, 7) is 2.23. The predicted octanol–water partition coefficient (Wildman–Crippen LogP) is 1.14. The topological polar surface area (TPSA) is 98.3 Å². The fourth-order valence-corrected chi connectivity index (χ4v) is 2.58. The minimum Gasteiger partial charge on any atom is -0.460 e. The molecule has 3 aromatic heterocycles. The second-order valence-electron chi connectivity index (χ2n) is 5.78. The number of hydrogen-bond donors (Lipinski definition) is 1. The van der Waals surface area contributed by atoms with Crippen molar-refractivity contribution in [1.29, 1.82) is 0 Å². The summed E-state index contributed by atoms with van der Waals surface area (Å²) in [5, 5.41) is 0.297. The van der Waals surface area contributed by atoms with E-state index in [0.717, 1.165) is 18.4 Å². The quantitative estimate of drug-likeness (QED) is 0.636. The van der Waals surface area contributed by atoms with Crippen LogP contribution in [0.5, 0.6) is 6.01 Å². The van der Waals surface area contributed by atoms with Crippen LogP contribution in [0.3, 0.4) is 0 Å². The van der Waals surface area contributed by atoms with Gasteiger partial charge in [0, 0.05) is 28.5 Å². The number of unbranched alkanes of at least 4 members (excludes halogenated alkanes) is 1. The number of nitrogens with one attached hydrogen (secondary N) is 1. The Morgan fingerprint density at radius 2 is 2.04 bits per heavy atom. The highest BCUT2D eigenvalue weighted by atomic mass is 16.6. The van der Waals surface area contributed by atoms with E-state index in [1.807, 2.05) is 19.1 Å². The van der Waals surface area contributed by atoms with Crippen molar-refractivity contribution in [3.05, 3.63) is 62.5 Å². The number of nitrogens with zero attached hydrogens (tertiary/aromatic N) is 2. The summed E-state index contributed by atoms with van der Waals surface area (Å²) < 4.78 is 12.2. The highest BCUT2D eigenvalue weighted by Crippen LogP contribution is 2.15. The summed E-state index contributed by atoms with van der Waals surface area (Å²) >= 11 is 0. The van der Waals surface area contributed by atoms with E-state index in [2.05, 4.69) is 9.97 Å². The molecular formula is C18H20N3O5+. The molecule has 0 saturated heterocycles. The van der Waals surface area contributed by atoms with Crippen LogP contribution in [0.4, 0.5) is 0 Å². The Kier molecular flexibility index (Phi) is 5.31. The zero-order valence-electron chi connectivity index (χ0n) is 14.7. The predicted molar refractivity (Wildman–Crippen MR) is 93.0 cm³/mol. The summed E-state index contributed by atoms with van der Waals surface area (Å²) in [7, 11) is 1.56. The summed E-state index contributed by atoms with van der Waals surface area (Å²) in [4.78, 5) is 35.9. The third kappa shape index (κ3) is 3.90. The van der Waals surface area contributed by atoms with Gasteiger partial charge in [-0.25, -0.2) is 4.79 Å². The van der Waals surface area contributed by atoms with Crippen molar-refractivity contribution in [3.63, 3.8) is 0 Å². The van der Waals surface area contributed by atoms with E-state index in [9.17, 15) is 9.59 Å². The van der Waals surface area contributed by atoms with Crippen molar-refractivity contribution in [2.45, 2.75) is 32.8 Å². The van der Waals surface area contributed by atoms with Gasteiger partial charge in [0.25, 0.3) is 11.6 Å². The average molecular weight is 358 g/mol. The van der Waals surface area contributed by atoms with Crippen molar-refractivity contribution >= 4 is 11.1 Å². The minimum atomic E-state index is -0.528. The lowest BCUT2D eigenvalue weighted by atomic mass is 10.1. The molecule has 26 heavy (non-hydrogen) atoms. The van der Waals surface area contributed by atoms with E-state index >= 15 is 0 Å². The number of pyridine rings is 1. The second-order valence-corrected chi connectivity index (χ2v) is 5.78. The second kappa shape index (κ2) is 7.81. The molecule has 3 rings (SSSR count). The van der Waals surface area contributed by atoms with Gasteiger partial charge in [-0.1, -0.05) is 13.3 Å². The van der Waals surface area contributed by atoms with Gasteiger partial charge in [0.1, 0.15) is 19.1 Å². The molecule has 3 heterocycles. The lowest BCUT2D eigenvalue weighted by molar-refractivity contribution is -0.885. The van der Waals surface area contributed by atoms with Gasteiger partial charge in [0.2, 0.25) is 18.1 Å². The normalized spacial score (nSPS) is 10.8. The van der Waals surface area contributed by atoms with Crippen LogP contribution in [0.1, 0.15) is 30.9 Å². The zero-order chi connectivity index (χ0) is 18.5. The first-order valence-electron chi connectivity index (χ1n) is 8.35. The third-order valence-corrected chi connectivity index (χ3v) is 3.93. The Balaban J connectivity index is 1.87. The summed E-state index contributed by atoms with van der Waals surface area (Å²) in [6.07, 6.45) is 5.90. The zero-order valence-corrected chi connectivity index (χ0v) is 14.7. The van der Waals surface area contributed by atoms with Crippen molar-refractivity contribution in [3.8, 4) is 6.01 Å². The largest absolute Gasteiger partial charge is 0.460 e. The highest BCUT2D eigenvalue weighted by molar-refractivity contribution is 5.75. The van der Waals surface area contributed by atoms with Crippen LogP contribution in [-0.4, -0.2) is 17.1 Å². The molecule has 0 aliphatic rings. The SMILES string of the molecule is CCCCc1cc(=O)oc2nc(OCc3cc[n+](OC)cc3)[nH]c(=O)c12. The van der Waals surface area contributed by atoms with Gasteiger partial charge in [-0.2, -0.15) is 4.98 Å². The van der Waals surface area contributed by atoms with Crippen LogP contribution < -0.4 is 25.5 Å². The van der Waals surface area contributed by atoms with E-state index in [1.54, 1.807) is 19.5 Å². The van der Waals surface area contributed by atoms with Crippen LogP contribution in [0.25, 0.3) is 11.1 Å². The fraction of sp³-hybridized carbons (Fsp3) is 0.333. The Hall–Kier alpha value is -3.16. The number of aryl methyl sites for hydroxylation is 1. The number of hydrogen-bond acceptors (Lipinski definition) is 6. The van der Waals surface area contributed by atoms with Crippen LogP contribution in [0, 0.1) is 0 Å². The number of fused-ring (bicyclic) bond motifs is 1. The molecule has 0 spiro atoms. The maximum Gasteiger partial charge on any atom is 0.337 e. The Morgan fingerprint density at radius 3 is 2.73 bits per heavy atom. The van der Waals surface area contributed by atoms with Gasteiger partial charge < -0.3 is 9.15 Å². The molecule has 8 heteroatoms. The maximum atomic E-state index is 12.4. The number of aromatic nitrogens is 3. The van der Waals surface area contributed by atoms with E-state index in [0.29, 0.717) is 17.4 Å². The molecule has 0 aliphatic carbocycles. The molecule has 0 bridgehead atoms. The van der Waals surface area contributed by atoms with Gasteiger partial charge >= 0.3 is 5.63 Å². The van der Waals surface area contributed by atoms with Gasteiger partial charge in [0.15, 0.2) is 0 Å². The monoisotopic (exact) mass is 358 g/mol. The van der Waals surface area contributed by atoms with Gasteiger partial charge in [-0.3, -0.25) is 14.6 Å². The van der Waals surface area contributed by atoms with E-state index in [4.69, 9.17) is 14.0 Å². The summed E-state index contributed by atoms with van der Waals surface area (Å²) in [5.41, 5.74) is 0.586. The summed E-state index contributed by atoms with van der Waals surface area (Å²) in [6, 6.07) is 4.98. The van der Waals surface area contributed by atoms with E-state index < -0.39 is 5.63 Å². The molecule has 136 valence electrons. The van der Waals surface area contributed by atoms with E-state index in [1.165, 1.54) is 10.8 Å². The molecule has 0 unspecified atom stereocenters. The molecular weight excluding hydrogens is 338 g/mol. The lowest BCUT2D eigenvalue weighted by Crippen LogP contribution is -2.39. The van der Waals surface area contributed by atoms with Crippen LogP contribution in [0.2, 0.25) is 0 Å². The lowest BCUT2D eigenvalue weighted by Gasteiger charge is -2.07. The van der Waals surface area contributed by atoms with Crippen LogP contribution in [-0.2, 0) is 13.0 Å². The number of rotatable bonds is 7. The highest BCUT2D eigenvalue weighted by Gasteiger charge is 2.13. The summed E-state index contributed by atoms with van der Waals surface area (Å²) in [5.74, 6) is 0. The first kappa shape index (κ1) is 17.7. The first-order valence-corrected chi connectivity index (χ1v) is 8.35. The third-order valence-electron chi connectivity index (χ3n) is 3.93. The van der Waals surface area contributed by atoms with E-state index in [-0.39, 0.29) is 23.9 Å². The van der Waals surface area contributed by atoms with Gasteiger partial charge in [0.05, 0.1) is 0 Å². The van der Waals surface area contributed by atoms with Crippen molar-refractivity contribution in [2.24, 2.45) is 0 Å². The molecule has 0 aromatic carbocycles. The Bertz CT molecular complexity index is 1010. The smallest absolute Gasteiger partial charge is 0.337 e. The molecule has 0 atom stereocenters. The number of aromatic amines is 1. The molecule has 0 radical (unpaired) electrons. The molecule has 0 aliphatic heterocycles.